The van der Waals surface area contributed by atoms with Gasteiger partial charge in [-0.15, -0.1) is 11.3 Å². The van der Waals surface area contributed by atoms with E-state index in [1.165, 1.54) is 0 Å². The Kier molecular flexibility index (Phi) is 2.82. The van der Waals surface area contributed by atoms with Gasteiger partial charge in [0.25, 0.3) is 0 Å². The molecular formula is C10H12N4S. The van der Waals surface area contributed by atoms with Gasteiger partial charge >= 0.3 is 0 Å². The van der Waals surface area contributed by atoms with Crippen LogP contribution in [0.15, 0.2) is 29.2 Å². The topological polar surface area (TPSA) is 55.0 Å². The Morgan fingerprint density at radius 1 is 1.47 bits per heavy atom. The number of nitrogens with zero attached hydrogens (tertiary/aromatic N) is 3. The summed E-state index contributed by atoms with van der Waals surface area (Å²) in [6.45, 7) is 0.727. The number of pyridine rings is 1. The SMILES string of the molecule is CN(Cc1cscn1)c1ncccc1N. The second-order valence-corrected chi connectivity index (χ2v) is 3.97. The van der Waals surface area contributed by atoms with Crippen LogP contribution in [-0.2, 0) is 6.54 Å². The molecule has 0 bridgehead atoms. The van der Waals surface area contributed by atoms with E-state index in [2.05, 4.69) is 9.97 Å². The molecule has 0 aliphatic rings. The van der Waals surface area contributed by atoms with Gasteiger partial charge in [-0.05, 0) is 12.1 Å². The van der Waals surface area contributed by atoms with Crippen molar-refractivity contribution in [2.45, 2.75) is 6.54 Å². The number of aromatic nitrogens is 2. The van der Waals surface area contributed by atoms with Crippen LogP contribution < -0.4 is 10.6 Å². The first kappa shape index (κ1) is 9.92. The summed E-state index contributed by atoms with van der Waals surface area (Å²) in [5.41, 5.74) is 9.38. The lowest BCUT2D eigenvalue weighted by molar-refractivity contribution is 0.876. The largest absolute Gasteiger partial charge is 0.396 e. The van der Waals surface area contributed by atoms with E-state index in [0.29, 0.717) is 5.69 Å². The summed E-state index contributed by atoms with van der Waals surface area (Å²) in [7, 11) is 1.96. The molecular weight excluding hydrogens is 208 g/mol. The fourth-order valence-electron chi connectivity index (χ4n) is 1.36. The Labute approximate surface area is 92.4 Å². The van der Waals surface area contributed by atoms with E-state index in [9.17, 15) is 0 Å². The Morgan fingerprint density at radius 2 is 2.33 bits per heavy atom. The third-order valence-corrected chi connectivity index (χ3v) is 2.70. The van der Waals surface area contributed by atoms with Crippen LogP contribution >= 0.6 is 11.3 Å². The van der Waals surface area contributed by atoms with Crippen molar-refractivity contribution in [3.63, 3.8) is 0 Å². The first-order valence-electron chi connectivity index (χ1n) is 4.56. The van der Waals surface area contributed by atoms with Crippen LogP contribution in [0.4, 0.5) is 11.5 Å². The average molecular weight is 220 g/mol. The summed E-state index contributed by atoms with van der Waals surface area (Å²) in [5, 5.41) is 2.02. The summed E-state index contributed by atoms with van der Waals surface area (Å²) in [6.07, 6.45) is 1.74. The number of hydrogen-bond donors (Lipinski definition) is 1. The first-order valence-corrected chi connectivity index (χ1v) is 5.50. The zero-order valence-corrected chi connectivity index (χ0v) is 9.24. The third-order valence-electron chi connectivity index (χ3n) is 2.06. The first-order chi connectivity index (χ1) is 7.27. The molecule has 0 aliphatic heterocycles. The number of anilines is 2. The van der Waals surface area contributed by atoms with Crippen molar-refractivity contribution < 1.29 is 0 Å². The van der Waals surface area contributed by atoms with Gasteiger partial charge in [0, 0.05) is 18.6 Å². The molecule has 0 atom stereocenters. The Hall–Kier alpha value is -1.62. The fraction of sp³-hybridized carbons (Fsp3) is 0.200. The van der Waals surface area contributed by atoms with E-state index >= 15 is 0 Å². The lowest BCUT2D eigenvalue weighted by atomic mass is 10.3. The highest BCUT2D eigenvalue weighted by atomic mass is 32.1. The van der Waals surface area contributed by atoms with Crippen LogP contribution in [0, 0.1) is 0 Å². The number of nitrogen functional groups attached to an aromatic ring is 1. The summed E-state index contributed by atoms with van der Waals surface area (Å²) in [6, 6.07) is 3.68. The minimum absolute atomic E-state index is 0.690. The summed E-state index contributed by atoms with van der Waals surface area (Å²) in [4.78, 5) is 10.4. The van der Waals surface area contributed by atoms with Gasteiger partial charge in [-0.3, -0.25) is 0 Å². The molecule has 0 spiro atoms. The molecule has 5 heteroatoms. The summed E-state index contributed by atoms with van der Waals surface area (Å²) in [5.74, 6) is 0.797. The normalized spacial score (nSPS) is 10.2. The fourth-order valence-corrected chi connectivity index (χ4v) is 1.91. The Morgan fingerprint density at radius 3 is 3.00 bits per heavy atom. The van der Waals surface area contributed by atoms with Crippen molar-refractivity contribution in [2.75, 3.05) is 17.7 Å². The standard InChI is InChI=1S/C10H12N4S/c1-14(5-8-6-15-7-13-8)10-9(11)3-2-4-12-10/h2-4,6-7H,5,11H2,1H3. The van der Waals surface area contributed by atoms with Crippen molar-refractivity contribution >= 4 is 22.8 Å². The molecule has 15 heavy (non-hydrogen) atoms. The minimum atomic E-state index is 0.690. The van der Waals surface area contributed by atoms with E-state index in [0.717, 1.165) is 18.1 Å². The van der Waals surface area contributed by atoms with E-state index in [1.807, 2.05) is 35.0 Å². The van der Waals surface area contributed by atoms with Gasteiger partial charge in [0.2, 0.25) is 0 Å². The maximum Gasteiger partial charge on any atom is 0.151 e. The van der Waals surface area contributed by atoms with E-state index < -0.39 is 0 Å². The zero-order chi connectivity index (χ0) is 10.7. The molecule has 0 saturated carbocycles. The molecule has 0 aliphatic carbocycles. The molecule has 2 heterocycles. The molecule has 2 aromatic heterocycles. The molecule has 0 aromatic carbocycles. The van der Waals surface area contributed by atoms with Crippen molar-refractivity contribution in [1.29, 1.82) is 0 Å². The van der Waals surface area contributed by atoms with Crippen molar-refractivity contribution in [3.8, 4) is 0 Å². The van der Waals surface area contributed by atoms with E-state index in [-0.39, 0.29) is 0 Å². The van der Waals surface area contributed by atoms with Crippen LogP contribution in [-0.4, -0.2) is 17.0 Å². The van der Waals surface area contributed by atoms with Crippen molar-refractivity contribution in [2.24, 2.45) is 0 Å². The average Bonchev–Trinajstić information content (AvgIpc) is 2.71. The maximum atomic E-state index is 5.83. The molecule has 0 amide bonds. The van der Waals surface area contributed by atoms with Gasteiger partial charge in [0.1, 0.15) is 0 Å². The van der Waals surface area contributed by atoms with E-state index in [4.69, 9.17) is 5.73 Å². The number of nitrogens with two attached hydrogens (primary N) is 1. The molecule has 78 valence electrons. The molecule has 2 aromatic rings. The van der Waals surface area contributed by atoms with Crippen LogP contribution in [0.3, 0.4) is 0 Å². The quantitative estimate of drug-likeness (QED) is 0.856. The lowest BCUT2D eigenvalue weighted by Gasteiger charge is -2.18. The Balaban J connectivity index is 2.15. The van der Waals surface area contributed by atoms with Gasteiger partial charge < -0.3 is 10.6 Å². The smallest absolute Gasteiger partial charge is 0.151 e. The van der Waals surface area contributed by atoms with Gasteiger partial charge in [-0.25, -0.2) is 9.97 Å². The van der Waals surface area contributed by atoms with Crippen molar-refractivity contribution in [1.82, 2.24) is 9.97 Å². The van der Waals surface area contributed by atoms with Gasteiger partial charge in [0.15, 0.2) is 5.82 Å². The number of thiazole rings is 1. The molecule has 0 radical (unpaired) electrons. The van der Waals surface area contributed by atoms with Gasteiger partial charge in [-0.1, -0.05) is 0 Å². The second-order valence-electron chi connectivity index (χ2n) is 3.25. The number of hydrogen-bond acceptors (Lipinski definition) is 5. The molecule has 2 N–H and O–H groups in total. The van der Waals surface area contributed by atoms with Crippen LogP contribution in [0.1, 0.15) is 5.69 Å². The highest BCUT2D eigenvalue weighted by Gasteiger charge is 2.07. The monoisotopic (exact) mass is 220 g/mol. The van der Waals surface area contributed by atoms with Gasteiger partial charge in [-0.2, -0.15) is 0 Å². The van der Waals surface area contributed by atoms with Crippen LogP contribution in [0.25, 0.3) is 0 Å². The minimum Gasteiger partial charge on any atom is -0.396 e. The summed E-state index contributed by atoms with van der Waals surface area (Å²) >= 11 is 1.59. The number of rotatable bonds is 3. The molecule has 0 unspecified atom stereocenters. The van der Waals surface area contributed by atoms with Gasteiger partial charge in [0.05, 0.1) is 23.4 Å². The Bertz CT molecular complexity index is 427. The highest BCUT2D eigenvalue weighted by Crippen LogP contribution is 2.19. The zero-order valence-electron chi connectivity index (χ0n) is 8.42. The predicted octanol–water partition coefficient (Wildman–Crippen LogP) is 1.76. The van der Waals surface area contributed by atoms with Crippen LogP contribution in [0.5, 0.6) is 0 Å². The predicted molar refractivity (Wildman–Crippen MR) is 62.9 cm³/mol. The summed E-state index contributed by atoms with van der Waals surface area (Å²) < 4.78 is 0. The van der Waals surface area contributed by atoms with E-state index in [1.54, 1.807) is 17.5 Å². The lowest BCUT2D eigenvalue weighted by Crippen LogP contribution is -2.19. The highest BCUT2D eigenvalue weighted by molar-refractivity contribution is 7.07. The second kappa shape index (κ2) is 4.27. The molecule has 0 saturated heterocycles. The van der Waals surface area contributed by atoms with Crippen molar-refractivity contribution in [3.05, 3.63) is 34.9 Å². The molecule has 2 rings (SSSR count). The molecule has 4 nitrogen and oxygen atoms in total. The maximum absolute atomic E-state index is 5.83. The third kappa shape index (κ3) is 2.24. The molecule has 0 fully saturated rings. The van der Waals surface area contributed by atoms with Crippen LogP contribution in [0.2, 0.25) is 0 Å².